The van der Waals surface area contributed by atoms with Crippen LogP contribution in [-0.4, -0.2) is 22.2 Å². The number of aromatic nitrogens is 3. The first kappa shape index (κ1) is 11.5. The fourth-order valence-corrected chi connectivity index (χ4v) is 1.83. The molecule has 3 rings (SSSR count). The second kappa shape index (κ2) is 4.93. The Labute approximate surface area is 109 Å². The number of benzene rings is 1. The van der Waals surface area contributed by atoms with Gasteiger partial charge in [-0.3, -0.25) is 0 Å². The average Bonchev–Trinajstić information content (AvgIpc) is 2.97. The van der Waals surface area contributed by atoms with E-state index in [9.17, 15) is 0 Å². The molecule has 0 aliphatic heterocycles. The first-order valence-corrected chi connectivity index (χ1v) is 5.95. The number of nitrogens with zero attached hydrogens (tertiary/aromatic N) is 3. The molecule has 0 amide bonds. The van der Waals surface area contributed by atoms with E-state index in [0.29, 0.717) is 12.5 Å². The minimum Gasteiger partial charge on any atom is -0.362 e. The molecule has 2 heterocycles. The summed E-state index contributed by atoms with van der Waals surface area (Å²) in [5.41, 5.74) is 0.891. The molecule has 0 aliphatic rings. The number of anilines is 2. The Morgan fingerprint density at radius 1 is 1.16 bits per heavy atom. The number of hydrogen-bond acceptors (Lipinski definition) is 6. The van der Waals surface area contributed by atoms with E-state index in [-0.39, 0.29) is 0 Å². The highest BCUT2D eigenvalue weighted by Gasteiger charge is 2.07. The van der Waals surface area contributed by atoms with Crippen molar-refractivity contribution in [3.63, 3.8) is 0 Å². The van der Waals surface area contributed by atoms with E-state index in [4.69, 9.17) is 4.52 Å². The van der Waals surface area contributed by atoms with Crippen molar-refractivity contribution in [1.29, 1.82) is 0 Å². The molecule has 0 radical (unpaired) electrons. The van der Waals surface area contributed by atoms with Gasteiger partial charge in [0.1, 0.15) is 5.82 Å². The van der Waals surface area contributed by atoms with Crippen molar-refractivity contribution in [2.24, 2.45) is 0 Å². The van der Waals surface area contributed by atoms with Crippen LogP contribution in [0.3, 0.4) is 0 Å². The molecule has 0 saturated carbocycles. The van der Waals surface area contributed by atoms with E-state index >= 15 is 0 Å². The maximum Gasteiger partial charge on any atom is 0.224 e. The van der Waals surface area contributed by atoms with Crippen LogP contribution in [0.1, 0.15) is 5.76 Å². The summed E-state index contributed by atoms with van der Waals surface area (Å²) in [6, 6.07) is 9.67. The smallest absolute Gasteiger partial charge is 0.224 e. The Bertz CT molecular complexity index is 681. The molecule has 2 N–H and O–H groups in total. The zero-order valence-electron chi connectivity index (χ0n) is 10.4. The van der Waals surface area contributed by atoms with Gasteiger partial charge in [0.25, 0.3) is 0 Å². The molecule has 6 heteroatoms. The lowest BCUT2D eigenvalue weighted by molar-refractivity contribution is 0.388. The highest BCUT2D eigenvalue weighted by atomic mass is 16.5. The minimum atomic E-state index is 0.532. The summed E-state index contributed by atoms with van der Waals surface area (Å²) in [4.78, 5) is 8.82. The molecule has 0 saturated heterocycles. The van der Waals surface area contributed by atoms with Crippen LogP contribution < -0.4 is 10.6 Å². The Morgan fingerprint density at radius 3 is 2.84 bits per heavy atom. The Hall–Kier alpha value is -2.63. The standard InChI is InChI=1S/C13H13N5O/c1-14-13-17-11-5-3-2-4-10(11)12(18-13)15-8-9-6-7-16-19-9/h2-7H,8H2,1H3,(H2,14,15,17,18). The molecule has 2 aromatic heterocycles. The topological polar surface area (TPSA) is 75.9 Å². The monoisotopic (exact) mass is 255 g/mol. The van der Waals surface area contributed by atoms with Crippen LogP contribution in [0, 0.1) is 0 Å². The summed E-state index contributed by atoms with van der Waals surface area (Å²) >= 11 is 0. The van der Waals surface area contributed by atoms with Gasteiger partial charge in [0.15, 0.2) is 5.76 Å². The van der Waals surface area contributed by atoms with E-state index in [1.54, 1.807) is 13.2 Å². The quantitative estimate of drug-likeness (QED) is 0.744. The molecule has 19 heavy (non-hydrogen) atoms. The van der Waals surface area contributed by atoms with Gasteiger partial charge in [0, 0.05) is 18.5 Å². The van der Waals surface area contributed by atoms with Crippen molar-refractivity contribution in [3.8, 4) is 0 Å². The lowest BCUT2D eigenvalue weighted by Crippen LogP contribution is -2.05. The molecule has 3 aromatic rings. The molecule has 6 nitrogen and oxygen atoms in total. The summed E-state index contributed by atoms with van der Waals surface area (Å²) in [7, 11) is 1.80. The molecule has 0 aliphatic carbocycles. The van der Waals surface area contributed by atoms with Gasteiger partial charge >= 0.3 is 0 Å². The second-order valence-corrected chi connectivity index (χ2v) is 4.00. The van der Waals surface area contributed by atoms with Crippen molar-refractivity contribution in [1.82, 2.24) is 15.1 Å². The molecule has 0 unspecified atom stereocenters. The molecule has 0 fully saturated rings. The second-order valence-electron chi connectivity index (χ2n) is 4.00. The number of nitrogens with one attached hydrogen (secondary N) is 2. The normalized spacial score (nSPS) is 10.6. The van der Waals surface area contributed by atoms with Gasteiger partial charge in [-0.25, -0.2) is 4.98 Å². The molecule has 0 atom stereocenters. The van der Waals surface area contributed by atoms with E-state index < -0.39 is 0 Å². The van der Waals surface area contributed by atoms with Crippen molar-refractivity contribution in [2.45, 2.75) is 6.54 Å². The summed E-state index contributed by atoms with van der Waals surface area (Å²) in [6.45, 7) is 0.532. The SMILES string of the molecule is CNc1nc(NCc2ccno2)c2ccccc2n1. The van der Waals surface area contributed by atoms with Crippen LogP contribution in [0.15, 0.2) is 41.1 Å². The van der Waals surface area contributed by atoms with Gasteiger partial charge in [-0.15, -0.1) is 0 Å². The summed E-state index contributed by atoms with van der Waals surface area (Å²) in [6.07, 6.45) is 1.62. The molecular weight excluding hydrogens is 242 g/mol. The van der Waals surface area contributed by atoms with E-state index in [1.807, 2.05) is 30.3 Å². The van der Waals surface area contributed by atoms with E-state index in [0.717, 1.165) is 22.5 Å². The van der Waals surface area contributed by atoms with Crippen LogP contribution in [0.2, 0.25) is 0 Å². The van der Waals surface area contributed by atoms with Crippen molar-refractivity contribution in [3.05, 3.63) is 42.3 Å². The Kier molecular flexibility index (Phi) is 2.97. The maximum absolute atomic E-state index is 5.05. The predicted molar refractivity (Wildman–Crippen MR) is 72.9 cm³/mol. The van der Waals surface area contributed by atoms with Crippen molar-refractivity contribution < 1.29 is 4.52 Å². The summed E-state index contributed by atoms with van der Waals surface area (Å²) in [5, 5.41) is 10.8. The first-order valence-electron chi connectivity index (χ1n) is 5.95. The summed E-state index contributed by atoms with van der Waals surface area (Å²) < 4.78 is 5.05. The third kappa shape index (κ3) is 2.33. The van der Waals surface area contributed by atoms with Crippen molar-refractivity contribution in [2.75, 3.05) is 17.7 Å². The highest BCUT2D eigenvalue weighted by molar-refractivity contribution is 5.89. The molecule has 1 aromatic carbocycles. The number of hydrogen-bond donors (Lipinski definition) is 2. The number of fused-ring (bicyclic) bond motifs is 1. The molecule has 0 spiro atoms. The van der Waals surface area contributed by atoms with Crippen LogP contribution in [0.25, 0.3) is 10.9 Å². The largest absolute Gasteiger partial charge is 0.362 e. The zero-order chi connectivity index (χ0) is 13.1. The van der Waals surface area contributed by atoms with Crippen LogP contribution in [-0.2, 0) is 6.54 Å². The van der Waals surface area contributed by atoms with Crippen LogP contribution >= 0.6 is 0 Å². The summed E-state index contributed by atoms with van der Waals surface area (Å²) in [5.74, 6) is 2.11. The van der Waals surface area contributed by atoms with Gasteiger partial charge in [-0.1, -0.05) is 17.3 Å². The third-order valence-electron chi connectivity index (χ3n) is 2.75. The fourth-order valence-electron chi connectivity index (χ4n) is 1.83. The van der Waals surface area contributed by atoms with E-state index in [2.05, 4.69) is 25.8 Å². The highest BCUT2D eigenvalue weighted by Crippen LogP contribution is 2.22. The zero-order valence-corrected chi connectivity index (χ0v) is 10.4. The van der Waals surface area contributed by atoms with Gasteiger partial charge in [-0.2, -0.15) is 4.98 Å². The van der Waals surface area contributed by atoms with Gasteiger partial charge in [0.2, 0.25) is 5.95 Å². The van der Waals surface area contributed by atoms with E-state index in [1.165, 1.54) is 0 Å². The Balaban J connectivity index is 1.96. The van der Waals surface area contributed by atoms with Gasteiger partial charge in [-0.05, 0) is 12.1 Å². The maximum atomic E-state index is 5.05. The van der Waals surface area contributed by atoms with Gasteiger partial charge < -0.3 is 15.2 Å². The lowest BCUT2D eigenvalue weighted by Gasteiger charge is -2.09. The molecule has 96 valence electrons. The number of para-hydroxylation sites is 1. The van der Waals surface area contributed by atoms with Crippen LogP contribution in [0.4, 0.5) is 11.8 Å². The lowest BCUT2D eigenvalue weighted by atomic mass is 10.2. The Morgan fingerprint density at radius 2 is 2.05 bits per heavy atom. The average molecular weight is 255 g/mol. The minimum absolute atomic E-state index is 0.532. The first-order chi connectivity index (χ1) is 9.36. The van der Waals surface area contributed by atoms with Crippen molar-refractivity contribution >= 4 is 22.7 Å². The predicted octanol–water partition coefficient (Wildman–Crippen LogP) is 2.27. The number of rotatable bonds is 4. The van der Waals surface area contributed by atoms with Gasteiger partial charge in [0.05, 0.1) is 18.3 Å². The van der Waals surface area contributed by atoms with Crippen LogP contribution in [0.5, 0.6) is 0 Å². The molecular formula is C13H13N5O. The third-order valence-corrected chi connectivity index (χ3v) is 2.75. The fraction of sp³-hybridized carbons (Fsp3) is 0.154. The molecule has 0 bridgehead atoms.